The molecule has 148 valence electrons. The number of benzene rings is 1. The van der Waals surface area contributed by atoms with Crippen LogP contribution in [0.25, 0.3) is 11.3 Å². The quantitative estimate of drug-likeness (QED) is 0.651. The lowest BCUT2D eigenvalue weighted by molar-refractivity contribution is 0.102. The molecule has 0 atom stereocenters. The molecule has 0 aliphatic carbocycles. The average Bonchev–Trinajstić information content (AvgIpc) is 3.22. The SMILES string of the molecule is CCOc1ccc(OCC)c(NC(=O)c2cc(-c3c(C)nn(C)c3C)n[nH]2)c1. The van der Waals surface area contributed by atoms with Crippen LogP contribution in [0.3, 0.4) is 0 Å². The summed E-state index contributed by atoms with van der Waals surface area (Å²) in [4.78, 5) is 12.8. The summed E-state index contributed by atoms with van der Waals surface area (Å²) in [6.45, 7) is 8.71. The van der Waals surface area contributed by atoms with E-state index in [4.69, 9.17) is 9.47 Å². The molecule has 0 aliphatic heterocycles. The molecular formula is C20H25N5O3. The highest BCUT2D eigenvalue weighted by atomic mass is 16.5. The van der Waals surface area contributed by atoms with E-state index in [-0.39, 0.29) is 5.91 Å². The Morgan fingerprint density at radius 1 is 1.18 bits per heavy atom. The number of aromatic amines is 1. The van der Waals surface area contributed by atoms with Crippen LogP contribution in [-0.4, -0.2) is 39.1 Å². The van der Waals surface area contributed by atoms with Gasteiger partial charge in [-0.25, -0.2) is 0 Å². The van der Waals surface area contributed by atoms with Crippen molar-refractivity contribution in [1.82, 2.24) is 20.0 Å². The fraction of sp³-hybridized carbons (Fsp3) is 0.350. The molecule has 0 aliphatic rings. The average molecular weight is 383 g/mol. The molecule has 2 aromatic heterocycles. The van der Waals surface area contributed by atoms with Gasteiger partial charge in [0.2, 0.25) is 0 Å². The number of hydrogen-bond donors (Lipinski definition) is 2. The van der Waals surface area contributed by atoms with Crippen molar-refractivity contribution < 1.29 is 14.3 Å². The standard InChI is InChI=1S/C20H25N5O3/c1-6-27-14-8-9-18(28-7-2)15(10-14)21-20(26)17-11-16(22-23-17)19-12(3)24-25(5)13(19)4/h8-11H,6-7H2,1-5H3,(H,21,26)(H,22,23). The Kier molecular flexibility index (Phi) is 5.67. The first-order chi connectivity index (χ1) is 13.4. The number of anilines is 1. The molecule has 0 unspecified atom stereocenters. The second-order valence-electron chi connectivity index (χ2n) is 6.31. The predicted octanol–water partition coefficient (Wildman–Crippen LogP) is 3.48. The minimum absolute atomic E-state index is 0.312. The number of rotatable bonds is 7. The minimum Gasteiger partial charge on any atom is -0.494 e. The van der Waals surface area contributed by atoms with E-state index >= 15 is 0 Å². The summed E-state index contributed by atoms with van der Waals surface area (Å²) in [6, 6.07) is 7.06. The van der Waals surface area contributed by atoms with Crippen LogP contribution >= 0.6 is 0 Å². The van der Waals surface area contributed by atoms with Gasteiger partial charge in [0, 0.05) is 24.4 Å². The first kappa shape index (κ1) is 19.5. The molecule has 0 saturated carbocycles. The lowest BCUT2D eigenvalue weighted by Crippen LogP contribution is -2.13. The summed E-state index contributed by atoms with van der Waals surface area (Å²) in [5, 5.41) is 14.4. The van der Waals surface area contributed by atoms with E-state index in [9.17, 15) is 4.79 Å². The van der Waals surface area contributed by atoms with Crippen molar-refractivity contribution in [2.24, 2.45) is 7.05 Å². The third-order valence-electron chi connectivity index (χ3n) is 4.40. The number of carbonyl (C=O) groups excluding carboxylic acids is 1. The Morgan fingerprint density at radius 2 is 1.93 bits per heavy atom. The number of hydrogen-bond acceptors (Lipinski definition) is 5. The minimum atomic E-state index is -0.312. The van der Waals surface area contributed by atoms with Gasteiger partial charge >= 0.3 is 0 Å². The molecule has 8 heteroatoms. The van der Waals surface area contributed by atoms with E-state index in [0.717, 1.165) is 17.0 Å². The Morgan fingerprint density at radius 3 is 2.57 bits per heavy atom. The van der Waals surface area contributed by atoms with Gasteiger partial charge in [-0.3, -0.25) is 14.6 Å². The van der Waals surface area contributed by atoms with Gasteiger partial charge in [0.25, 0.3) is 5.91 Å². The van der Waals surface area contributed by atoms with Gasteiger partial charge in [0.1, 0.15) is 17.2 Å². The second-order valence-corrected chi connectivity index (χ2v) is 6.31. The van der Waals surface area contributed by atoms with Gasteiger partial charge in [0.05, 0.1) is 30.3 Å². The van der Waals surface area contributed by atoms with Crippen LogP contribution in [0.15, 0.2) is 24.3 Å². The summed E-state index contributed by atoms with van der Waals surface area (Å²) in [6.07, 6.45) is 0. The number of nitrogens with zero attached hydrogens (tertiary/aromatic N) is 3. The molecule has 1 aromatic carbocycles. The van der Waals surface area contributed by atoms with Gasteiger partial charge in [-0.15, -0.1) is 0 Å². The summed E-state index contributed by atoms with van der Waals surface area (Å²) in [7, 11) is 1.88. The molecule has 1 amide bonds. The molecule has 0 bridgehead atoms. The first-order valence-electron chi connectivity index (χ1n) is 9.21. The van der Waals surface area contributed by atoms with Crippen molar-refractivity contribution in [3.63, 3.8) is 0 Å². The van der Waals surface area contributed by atoms with Gasteiger partial charge in [-0.1, -0.05) is 0 Å². The Bertz CT molecular complexity index is 990. The molecule has 0 radical (unpaired) electrons. The van der Waals surface area contributed by atoms with Crippen LogP contribution < -0.4 is 14.8 Å². The molecule has 0 saturated heterocycles. The molecule has 0 fully saturated rings. The van der Waals surface area contributed by atoms with Crippen LogP contribution in [-0.2, 0) is 7.05 Å². The predicted molar refractivity (Wildman–Crippen MR) is 107 cm³/mol. The van der Waals surface area contributed by atoms with Crippen LogP contribution in [0.5, 0.6) is 11.5 Å². The maximum Gasteiger partial charge on any atom is 0.273 e. The molecule has 2 heterocycles. The molecule has 3 rings (SSSR count). The van der Waals surface area contributed by atoms with Crippen molar-refractivity contribution in [3.05, 3.63) is 41.3 Å². The van der Waals surface area contributed by atoms with Crippen molar-refractivity contribution in [1.29, 1.82) is 0 Å². The largest absolute Gasteiger partial charge is 0.494 e. The van der Waals surface area contributed by atoms with Gasteiger partial charge in [0.15, 0.2) is 0 Å². The van der Waals surface area contributed by atoms with E-state index in [2.05, 4.69) is 20.6 Å². The zero-order chi connectivity index (χ0) is 20.3. The number of carbonyl (C=O) groups is 1. The highest BCUT2D eigenvalue weighted by Gasteiger charge is 2.18. The number of aryl methyl sites for hydroxylation is 2. The van der Waals surface area contributed by atoms with Crippen LogP contribution in [0.1, 0.15) is 35.7 Å². The normalized spacial score (nSPS) is 10.8. The highest BCUT2D eigenvalue weighted by Crippen LogP contribution is 2.30. The fourth-order valence-corrected chi connectivity index (χ4v) is 3.04. The first-order valence-corrected chi connectivity index (χ1v) is 9.21. The summed E-state index contributed by atoms with van der Waals surface area (Å²) < 4.78 is 12.9. The maximum atomic E-state index is 12.8. The number of H-pyrrole nitrogens is 1. The Hall–Kier alpha value is -3.29. The summed E-state index contributed by atoms with van der Waals surface area (Å²) >= 11 is 0. The van der Waals surface area contributed by atoms with E-state index < -0.39 is 0 Å². The molecule has 8 nitrogen and oxygen atoms in total. The summed E-state index contributed by atoms with van der Waals surface area (Å²) in [5.74, 6) is 0.929. The van der Waals surface area contributed by atoms with E-state index in [1.807, 2.05) is 40.8 Å². The molecule has 3 aromatic rings. The van der Waals surface area contributed by atoms with Gasteiger partial charge < -0.3 is 14.8 Å². The highest BCUT2D eigenvalue weighted by molar-refractivity contribution is 6.04. The summed E-state index contributed by atoms with van der Waals surface area (Å²) in [5.41, 5.74) is 4.35. The molecule has 2 N–H and O–H groups in total. The number of aromatic nitrogens is 4. The molecule has 0 spiro atoms. The van der Waals surface area contributed by atoms with Crippen molar-refractivity contribution >= 4 is 11.6 Å². The second kappa shape index (κ2) is 8.16. The maximum absolute atomic E-state index is 12.8. The monoisotopic (exact) mass is 383 g/mol. The van der Waals surface area contributed by atoms with Crippen molar-refractivity contribution in [3.8, 4) is 22.8 Å². The molecule has 28 heavy (non-hydrogen) atoms. The van der Waals surface area contributed by atoms with Crippen molar-refractivity contribution in [2.45, 2.75) is 27.7 Å². The lowest BCUT2D eigenvalue weighted by atomic mass is 10.1. The Labute approximate surface area is 163 Å². The number of ether oxygens (including phenoxy) is 2. The smallest absolute Gasteiger partial charge is 0.273 e. The van der Waals surface area contributed by atoms with Crippen LogP contribution in [0.2, 0.25) is 0 Å². The van der Waals surface area contributed by atoms with Crippen LogP contribution in [0, 0.1) is 13.8 Å². The molecular weight excluding hydrogens is 358 g/mol. The van der Waals surface area contributed by atoms with Gasteiger partial charge in [-0.2, -0.15) is 10.2 Å². The fourth-order valence-electron chi connectivity index (χ4n) is 3.04. The third-order valence-corrected chi connectivity index (χ3v) is 4.40. The number of amides is 1. The van der Waals surface area contributed by atoms with Crippen LogP contribution in [0.4, 0.5) is 5.69 Å². The van der Waals surface area contributed by atoms with Crippen molar-refractivity contribution in [2.75, 3.05) is 18.5 Å². The number of nitrogens with one attached hydrogen (secondary N) is 2. The topological polar surface area (TPSA) is 94.1 Å². The third kappa shape index (κ3) is 3.85. The Balaban J connectivity index is 1.86. The lowest BCUT2D eigenvalue weighted by Gasteiger charge is -2.13. The van der Waals surface area contributed by atoms with E-state index in [0.29, 0.717) is 41.8 Å². The zero-order valence-electron chi connectivity index (χ0n) is 16.8. The van der Waals surface area contributed by atoms with E-state index in [1.165, 1.54) is 0 Å². The van der Waals surface area contributed by atoms with E-state index in [1.54, 1.807) is 22.9 Å². The zero-order valence-corrected chi connectivity index (χ0v) is 16.8. The van der Waals surface area contributed by atoms with Gasteiger partial charge in [-0.05, 0) is 45.9 Å².